The van der Waals surface area contributed by atoms with Crippen LogP contribution in [0, 0.1) is 0 Å². The van der Waals surface area contributed by atoms with Crippen molar-refractivity contribution in [3.8, 4) is 0 Å². The van der Waals surface area contributed by atoms with Gasteiger partial charge in [0.25, 0.3) is 5.91 Å². The molecule has 0 radical (unpaired) electrons. The quantitative estimate of drug-likeness (QED) is 0.570. The zero-order valence-electron chi connectivity index (χ0n) is 6.96. The average Bonchev–Trinajstić information content (AvgIpc) is 2.66. The molecular formula is C7H9N3O2S. The number of nitrogens with one attached hydrogen (secondary N) is 3. The molecule has 0 aliphatic rings. The van der Waals surface area contributed by atoms with E-state index >= 15 is 0 Å². The molecule has 0 aliphatic heterocycles. The summed E-state index contributed by atoms with van der Waals surface area (Å²) in [4.78, 5) is 22.4. The number of thiophene rings is 1. The van der Waals surface area contributed by atoms with Crippen LogP contribution >= 0.6 is 11.3 Å². The van der Waals surface area contributed by atoms with Crippen LogP contribution in [0.5, 0.6) is 0 Å². The van der Waals surface area contributed by atoms with Gasteiger partial charge in [0.2, 0.25) is 0 Å². The molecule has 1 heterocycles. The van der Waals surface area contributed by atoms with Crippen molar-refractivity contribution in [3.63, 3.8) is 0 Å². The van der Waals surface area contributed by atoms with E-state index in [1.807, 2.05) is 0 Å². The lowest BCUT2D eigenvalue weighted by Crippen LogP contribution is -2.45. The number of hydrazine groups is 1. The highest BCUT2D eigenvalue weighted by Crippen LogP contribution is 2.06. The molecule has 0 aromatic carbocycles. The molecule has 1 rings (SSSR count). The summed E-state index contributed by atoms with van der Waals surface area (Å²) in [7, 11) is 1.46. The van der Waals surface area contributed by atoms with Crippen LogP contribution in [0.4, 0.5) is 4.79 Å². The third-order valence-electron chi connectivity index (χ3n) is 1.26. The molecule has 0 bridgehead atoms. The van der Waals surface area contributed by atoms with Gasteiger partial charge >= 0.3 is 6.03 Å². The SMILES string of the molecule is CNC(=O)NNC(=O)c1cccs1. The Morgan fingerprint density at radius 1 is 1.38 bits per heavy atom. The van der Waals surface area contributed by atoms with Crippen LogP contribution in [-0.4, -0.2) is 19.0 Å². The van der Waals surface area contributed by atoms with Gasteiger partial charge in [-0.05, 0) is 11.4 Å². The Balaban J connectivity index is 2.39. The molecule has 0 atom stereocenters. The van der Waals surface area contributed by atoms with Gasteiger partial charge in [0.15, 0.2) is 0 Å². The normalized spacial score (nSPS) is 9.00. The fraction of sp³-hybridized carbons (Fsp3) is 0.143. The number of amides is 3. The summed E-state index contributed by atoms with van der Waals surface area (Å²) in [6.07, 6.45) is 0. The van der Waals surface area contributed by atoms with E-state index in [1.165, 1.54) is 18.4 Å². The first-order valence-electron chi connectivity index (χ1n) is 3.55. The van der Waals surface area contributed by atoms with Crippen molar-refractivity contribution in [2.75, 3.05) is 7.05 Å². The van der Waals surface area contributed by atoms with E-state index < -0.39 is 6.03 Å². The van der Waals surface area contributed by atoms with Gasteiger partial charge in [-0.3, -0.25) is 10.2 Å². The van der Waals surface area contributed by atoms with Gasteiger partial charge in [0.05, 0.1) is 4.88 Å². The minimum absolute atomic E-state index is 0.321. The van der Waals surface area contributed by atoms with Gasteiger partial charge in [0, 0.05) is 7.05 Å². The third-order valence-corrected chi connectivity index (χ3v) is 2.13. The number of urea groups is 1. The van der Waals surface area contributed by atoms with Crippen molar-refractivity contribution in [3.05, 3.63) is 22.4 Å². The van der Waals surface area contributed by atoms with Gasteiger partial charge in [-0.2, -0.15) is 0 Å². The van der Waals surface area contributed by atoms with Crippen LogP contribution in [-0.2, 0) is 0 Å². The van der Waals surface area contributed by atoms with E-state index in [2.05, 4.69) is 16.2 Å². The standard InChI is InChI=1S/C7H9N3O2S/c1-8-7(12)10-9-6(11)5-3-2-4-13-5/h2-4H,1H3,(H,9,11)(H2,8,10,12). The largest absolute Gasteiger partial charge is 0.340 e. The summed E-state index contributed by atoms with van der Waals surface area (Å²) in [6.45, 7) is 0. The van der Waals surface area contributed by atoms with Gasteiger partial charge < -0.3 is 5.32 Å². The summed E-state index contributed by atoms with van der Waals surface area (Å²) in [6, 6.07) is 2.98. The van der Waals surface area contributed by atoms with Crippen molar-refractivity contribution in [1.29, 1.82) is 0 Å². The number of rotatable bonds is 1. The summed E-state index contributed by atoms with van der Waals surface area (Å²) < 4.78 is 0. The second kappa shape index (κ2) is 4.46. The van der Waals surface area contributed by atoms with Crippen LogP contribution in [0.1, 0.15) is 9.67 Å². The summed E-state index contributed by atoms with van der Waals surface area (Å²) in [5, 5.41) is 4.09. The molecule has 70 valence electrons. The molecule has 0 saturated carbocycles. The lowest BCUT2D eigenvalue weighted by molar-refractivity contribution is 0.0940. The molecule has 13 heavy (non-hydrogen) atoms. The van der Waals surface area contributed by atoms with Crippen molar-refractivity contribution >= 4 is 23.3 Å². The Hall–Kier alpha value is -1.56. The minimum Gasteiger partial charge on any atom is -0.340 e. The van der Waals surface area contributed by atoms with E-state index in [1.54, 1.807) is 17.5 Å². The van der Waals surface area contributed by atoms with Crippen LogP contribution in [0.2, 0.25) is 0 Å². The van der Waals surface area contributed by atoms with Crippen molar-refractivity contribution in [1.82, 2.24) is 16.2 Å². The molecule has 3 amide bonds. The van der Waals surface area contributed by atoms with Crippen LogP contribution in [0.3, 0.4) is 0 Å². The Bertz CT molecular complexity index is 297. The van der Waals surface area contributed by atoms with Gasteiger partial charge in [-0.15, -0.1) is 11.3 Å². The highest BCUT2D eigenvalue weighted by Gasteiger charge is 2.05. The fourth-order valence-corrected chi connectivity index (χ4v) is 1.26. The zero-order valence-corrected chi connectivity index (χ0v) is 7.77. The highest BCUT2D eigenvalue weighted by atomic mass is 32.1. The Kier molecular flexibility index (Phi) is 3.27. The second-order valence-electron chi connectivity index (χ2n) is 2.14. The van der Waals surface area contributed by atoms with Crippen LogP contribution in [0.25, 0.3) is 0 Å². The minimum atomic E-state index is -0.454. The molecule has 0 fully saturated rings. The summed E-state index contributed by atoms with van der Waals surface area (Å²) in [5.74, 6) is -0.321. The Morgan fingerprint density at radius 3 is 2.69 bits per heavy atom. The van der Waals surface area contributed by atoms with E-state index in [0.717, 1.165) is 0 Å². The van der Waals surface area contributed by atoms with E-state index in [-0.39, 0.29) is 5.91 Å². The predicted octanol–water partition coefficient (Wildman–Crippen LogP) is 0.322. The molecule has 0 unspecified atom stereocenters. The van der Waals surface area contributed by atoms with Gasteiger partial charge in [-0.25, -0.2) is 10.2 Å². The van der Waals surface area contributed by atoms with Gasteiger partial charge in [-0.1, -0.05) is 6.07 Å². The van der Waals surface area contributed by atoms with E-state index in [4.69, 9.17) is 0 Å². The fourth-order valence-electron chi connectivity index (χ4n) is 0.645. The molecule has 1 aromatic rings. The van der Waals surface area contributed by atoms with Crippen molar-refractivity contribution in [2.24, 2.45) is 0 Å². The molecule has 1 aromatic heterocycles. The number of hydrogen-bond donors (Lipinski definition) is 3. The first-order valence-corrected chi connectivity index (χ1v) is 4.43. The van der Waals surface area contributed by atoms with Crippen molar-refractivity contribution in [2.45, 2.75) is 0 Å². The smallest absolute Gasteiger partial charge is 0.333 e. The lowest BCUT2D eigenvalue weighted by atomic mass is 10.4. The molecule has 0 spiro atoms. The Labute approximate surface area is 79.1 Å². The number of hydrogen-bond acceptors (Lipinski definition) is 3. The van der Waals surface area contributed by atoms with Gasteiger partial charge in [0.1, 0.15) is 0 Å². The topological polar surface area (TPSA) is 70.2 Å². The zero-order chi connectivity index (χ0) is 9.68. The maximum Gasteiger partial charge on any atom is 0.333 e. The second-order valence-corrected chi connectivity index (χ2v) is 3.08. The maximum absolute atomic E-state index is 11.2. The first kappa shape index (κ1) is 9.53. The molecule has 6 heteroatoms. The number of carbonyl (C=O) groups excluding carboxylic acids is 2. The highest BCUT2D eigenvalue weighted by molar-refractivity contribution is 7.12. The lowest BCUT2D eigenvalue weighted by Gasteiger charge is -2.04. The Morgan fingerprint density at radius 2 is 2.15 bits per heavy atom. The third kappa shape index (κ3) is 2.75. The molecule has 3 N–H and O–H groups in total. The molecular weight excluding hydrogens is 190 g/mol. The maximum atomic E-state index is 11.2. The first-order chi connectivity index (χ1) is 6.24. The summed E-state index contributed by atoms with van der Waals surface area (Å²) >= 11 is 1.31. The predicted molar refractivity (Wildman–Crippen MR) is 49.4 cm³/mol. The van der Waals surface area contributed by atoms with Crippen LogP contribution in [0.15, 0.2) is 17.5 Å². The molecule has 5 nitrogen and oxygen atoms in total. The van der Waals surface area contributed by atoms with Crippen molar-refractivity contribution < 1.29 is 9.59 Å². The van der Waals surface area contributed by atoms with E-state index in [0.29, 0.717) is 4.88 Å². The van der Waals surface area contributed by atoms with Crippen LogP contribution < -0.4 is 16.2 Å². The number of carbonyl (C=O) groups is 2. The molecule has 0 saturated heterocycles. The molecule has 0 aliphatic carbocycles. The average molecular weight is 199 g/mol. The van der Waals surface area contributed by atoms with E-state index in [9.17, 15) is 9.59 Å². The summed E-state index contributed by atoms with van der Waals surface area (Å²) in [5.41, 5.74) is 4.42. The monoisotopic (exact) mass is 199 g/mol.